The molecule has 7 rings (SSSR count). The second-order valence-corrected chi connectivity index (χ2v) is 16.5. The molecule has 0 fully saturated rings. The van der Waals surface area contributed by atoms with Gasteiger partial charge in [-0.2, -0.15) is 0 Å². The molecule has 0 aliphatic heterocycles. The molecule has 10 nitrogen and oxygen atoms in total. The van der Waals surface area contributed by atoms with E-state index in [-0.39, 0.29) is 18.4 Å². The summed E-state index contributed by atoms with van der Waals surface area (Å²) in [5, 5.41) is 17.4. The summed E-state index contributed by atoms with van der Waals surface area (Å²) < 4.78 is 5.65. The van der Waals surface area contributed by atoms with Crippen LogP contribution in [0.3, 0.4) is 0 Å². The lowest BCUT2D eigenvalue weighted by atomic mass is 9.91. The average Bonchev–Trinajstić information content (AvgIpc) is 3.24. The molecule has 0 saturated carbocycles. The van der Waals surface area contributed by atoms with Crippen LogP contribution in [0.5, 0.6) is 0 Å². The maximum Gasteiger partial charge on any atom is 0.410 e. The lowest BCUT2D eigenvalue weighted by Gasteiger charge is -2.26. The third kappa shape index (κ3) is 8.31. The van der Waals surface area contributed by atoms with Crippen molar-refractivity contribution in [3.8, 4) is 0 Å². The van der Waals surface area contributed by atoms with Crippen molar-refractivity contribution >= 4 is 67.1 Å². The molecule has 60 heavy (non-hydrogen) atoms. The van der Waals surface area contributed by atoms with Gasteiger partial charge < -0.3 is 29.4 Å². The highest BCUT2D eigenvalue weighted by Gasteiger charge is 2.24. The fourth-order valence-corrected chi connectivity index (χ4v) is 8.06. The van der Waals surface area contributed by atoms with Crippen molar-refractivity contribution in [2.45, 2.75) is 52.6 Å². The van der Waals surface area contributed by atoms with E-state index in [2.05, 4.69) is 24.3 Å². The average molecular weight is 803 g/mol. The molecule has 7 aromatic carbocycles. The molecule has 0 aromatic heterocycles. The number of hydrogen-bond acceptors (Lipinski definition) is 5. The molecular formula is C50H50N4O6. The summed E-state index contributed by atoms with van der Waals surface area (Å²) in [6.07, 6.45) is -1.41. The van der Waals surface area contributed by atoms with E-state index >= 15 is 0 Å². The Morgan fingerprint density at radius 2 is 0.683 bits per heavy atom. The van der Waals surface area contributed by atoms with E-state index < -0.39 is 17.8 Å². The molecule has 0 aliphatic carbocycles. The van der Waals surface area contributed by atoms with E-state index in [4.69, 9.17) is 4.74 Å². The standard InChI is InChI=1S/C50H50N4O6/c1-50(2,3)60-49(59)54(7)31-45-40-22-14-10-18-36(40)43(37-19-11-15-23-41(37)45)29-52(5)47(56)33-26-24-32(25-27-33)46(55)51(4)28-42-34-16-8-12-20-38(34)44(30-53(6)48(57)58)39-21-13-9-17-35(39)42/h8-27H,28-31H2,1-7H3,(H,57,58). The number of fused-ring (bicyclic) bond motifs is 4. The number of nitrogens with zero attached hydrogens (tertiary/aromatic N) is 4. The number of ether oxygens (including phenoxy) is 1. The summed E-state index contributed by atoms with van der Waals surface area (Å²) in [6, 6.07) is 38.8. The lowest BCUT2D eigenvalue weighted by Crippen LogP contribution is -2.34. The smallest absolute Gasteiger partial charge is 0.410 e. The van der Waals surface area contributed by atoms with Gasteiger partial charge in [0.25, 0.3) is 11.8 Å². The van der Waals surface area contributed by atoms with Gasteiger partial charge >= 0.3 is 12.2 Å². The number of carboxylic acid groups (broad SMARTS) is 1. The minimum atomic E-state index is -1.01. The van der Waals surface area contributed by atoms with Crippen molar-refractivity contribution in [3.63, 3.8) is 0 Å². The van der Waals surface area contributed by atoms with Gasteiger partial charge in [0.1, 0.15) is 5.60 Å². The largest absolute Gasteiger partial charge is 0.465 e. The summed E-state index contributed by atoms with van der Waals surface area (Å²) in [5.41, 5.74) is 4.17. The van der Waals surface area contributed by atoms with E-state index in [9.17, 15) is 24.3 Å². The third-order valence-corrected chi connectivity index (χ3v) is 11.0. The van der Waals surface area contributed by atoms with Crippen LogP contribution in [0.1, 0.15) is 63.7 Å². The Hall–Kier alpha value is -6.94. The van der Waals surface area contributed by atoms with E-state index in [1.54, 1.807) is 67.2 Å². The van der Waals surface area contributed by atoms with Crippen LogP contribution in [0.15, 0.2) is 121 Å². The second kappa shape index (κ2) is 16.7. The summed E-state index contributed by atoms with van der Waals surface area (Å²) >= 11 is 0. The van der Waals surface area contributed by atoms with E-state index in [0.717, 1.165) is 65.3 Å². The molecule has 0 aliphatic rings. The minimum absolute atomic E-state index is 0.184. The molecule has 306 valence electrons. The van der Waals surface area contributed by atoms with Crippen molar-refractivity contribution in [1.29, 1.82) is 0 Å². The van der Waals surface area contributed by atoms with Gasteiger partial charge in [0.15, 0.2) is 0 Å². The summed E-state index contributed by atoms with van der Waals surface area (Å²) in [6.45, 7) is 6.76. The van der Waals surface area contributed by atoms with Gasteiger partial charge in [-0.05, 0) is 110 Å². The van der Waals surface area contributed by atoms with Crippen LogP contribution in [0.25, 0.3) is 43.1 Å². The van der Waals surface area contributed by atoms with E-state index in [1.165, 1.54) is 4.90 Å². The maximum atomic E-state index is 14.0. The first kappa shape index (κ1) is 41.2. The monoisotopic (exact) mass is 802 g/mol. The predicted octanol–water partition coefficient (Wildman–Crippen LogP) is 10.3. The maximum absolute atomic E-state index is 14.0. The molecule has 1 N–H and O–H groups in total. The highest BCUT2D eigenvalue weighted by atomic mass is 16.6. The van der Waals surface area contributed by atoms with Crippen LogP contribution in [0.4, 0.5) is 9.59 Å². The zero-order valence-electron chi connectivity index (χ0n) is 35.2. The third-order valence-electron chi connectivity index (χ3n) is 11.0. The van der Waals surface area contributed by atoms with Crippen molar-refractivity contribution in [2.24, 2.45) is 0 Å². The Balaban J connectivity index is 1.12. The van der Waals surface area contributed by atoms with Crippen molar-refractivity contribution in [1.82, 2.24) is 19.6 Å². The number of rotatable bonds is 10. The number of carbonyl (C=O) groups excluding carboxylic acids is 3. The molecule has 0 unspecified atom stereocenters. The van der Waals surface area contributed by atoms with Crippen molar-refractivity contribution in [2.75, 3.05) is 28.2 Å². The van der Waals surface area contributed by atoms with Gasteiger partial charge in [-0.25, -0.2) is 9.59 Å². The Morgan fingerprint density at radius 3 is 0.933 bits per heavy atom. The number of carbonyl (C=O) groups is 4. The number of amides is 4. The van der Waals surface area contributed by atoms with Gasteiger partial charge in [-0.3, -0.25) is 9.59 Å². The Labute approximate surface area is 350 Å². The first-order valence-corrected chi connectivity index (χ1v) is 19.9. The lowest BCUT2D eigenvalue weighted by molar-refractivity contribution is 0.0286. The summed E-state index contributed by atoms with van der Waals surface area (Å²) in [4.78, 5) is 58.9. The molecule has 0 heterocycles. The SMILES string of the molecule is CN(Cc1c2ccccc2c(CN(C)C(=O)c2ccc(C(=O)N(C)Cc3c4ccccc4c(CN(C)C(=O)OC(C)(C)C)c4ccccc34)cc2)c2ccccc12)C(=O)O. The molecule has 0 saturated heterocycles. The molecule has 0 atom stereocenters. The van der Waals surface area contributed by atoms with Crippen LogP contribution in [0.2, 0.25) is 0 Å². The topological polar surface area (TPSA) is 111 Å². The van der Waals surface area contributed by atoms with Gasteiger partial charge in [0, 0.05) is 65.5 Å². The molecule has 7 aromatic rings. The Morgan fingerprint density at radius 1 is 0.433 bits per heavy atom. The van der Waals surface area contributed by atoms with Crippen molar-refractivity contribution in [3.05, 3.63) is 155 Å². The second-order valence-electron chi connectivity index (χ2n) is 16.5. The van der Waals surface area contributed by atoms with Gasteiger partial charge in [0.05, 0.1) is 0 Å². The highest BCUT2D eigenvalue weighted by molar-refractivity contribution is 6.08. The summed E-state index contributed by atoms with van der Waals surface area (Å²) in [5.74, 6) is -0.378. The molecule has 0 radical (unpaired) electrons. The van der Waals surface area contributed by atoms with Crippen LogP contribution in [0, 0.1) is 0 Å². The molecule has 0 bridgehead atoms. The highest BCUT2D eigenvalue weighted by Crippen LogP contribution is 2.36. The predicted molar refractivity (Wildman–Crippen MR) is 238 cm³/mol. The first-order chi connectivity index (χ1) is 28.6. The fourth-order valence-electron chi connectivity index (χ4n) is 8.06. The molecule has 4 amide bonds. The molecular weight excluding hydrogens is 753 g/mol. The van der Waals surface area contributed by atoms with Gasteiger partial charge in [0.2, 0.25) is 0 Å². The quantitative estimate of drug-likeness (QED) is 0.138. The zero-order valence-corrected chi connectivity index (χ0v) is 35.2. The van der Waals surface area contributed by atoms with E-state index in [1.807, 2.05) is 93.6 Å². The van der Waals surface area contributed by atoms with Crippen LogP contribution in [-0.2, 0) is 30.9 Å². The molecule has 10 heteroatoms. The Kier molecular flexibility index (Phi) is 11.5. The Bertz CT molecular complexity index is 2680. The van der Waals surface area contributed by atoms with Crippen LogP contribution < -0.4 is 0 Å². The summed E-state index contributed by atoms with van der Waals surface area (Å²) in [7, 11) is 6.84. The normalized spacial score (nSPS) is 11.5. The van der Waals surface area contributed by atoms with Gasteiger partial charge in [-0.15, -0.1) is 0 Å². The fraction of sp³-hybridized carbons (Fsp3) is 0.240. The van der Waals surface area contributed by atoms with E-state index in [0.29, 0.717) is 30.8 Å². The minimum Gasteiger partial charge on any atom is -0.465 e. The first-order valence-electron chi connectivity index (χ1n) is 19.9. The van der Waals surface area contributed by atoms with Crippen molar-refractivity contribution < 1.29 is 29.0 Å². The number of benzene rings is 7. The number of hydrogen-bond donors (Lipinski definition) is 1. The zero-order chi connectivity index (χ0) is 42.9. The van der Waals surface area contributed by atoms with Crippen LogP contribution in [-0.4, -0.2) is 82.5 Å². The molecule has 0 spiro atoms. The van der Waals surface area contributed by atoms with Gasteiger partial charge in [-0.1, -0.05) is 97.1 Å². The van der Waals surface area contributed by atoms with Crippen LogP contribution >= 0.6 is 0 Å².